The van der Waals surface area contributed by atoms with Gasteiger partial charge in [-0.2, -0.15) is 0 Å². The molecule has 2 aliphatic heterocycles. The van der Waals surface area contributed by atoms with Crippen LogP contribution in [0.2, 0.25) is 0 Å². The monoisotopic (exact) mass is 554 g/mol. The third-order valence-corrected chi connectivity index (χ3v) is 8.02. The molecule has 1 aromatic heterocycles. The average Bonchev–Trinajstić information content (AvgIpc) is 3.00. The van der Waals surface area contributed by atoms with Gasteiger partial charge in [0, 0.05) is 62.4 Å². The molecule has 0 spiro atoms. The van der Waals surface area contributed by atoms with Crippen molar-refractivity contribution >= 4 is 17.8 Å². The van der Waals surface area contributed by atoms with Crippen LogP contribution in [0.5, 0.6) is 0 Å². The van der Waals surface area contributed by atoms with E-state index in [1.807, 2.05) is 18.2 Å². The molecule has 2 fully saturated rings. The third kappa shape index (κ3) is 8.15. The van der Waals surface area contributed by atoms with E-state index < -0.39 is 0 Å². The predicted molar refractivity (Wildman–Crippen MR) is 166 cm³/mol. The van der Waals surface area contributed by atoms with Gasteiger partial charge in [-0.1, -0.05) is 48.4 Å². The number of hydrogen-bond acceptors (Lipinski definition) is 6. The van der Waals surface area contributed by atoms with Crippen molar-refractivity contribution < 1.29 is 4.79 Å². The lowest BCUT2D eigenvalue weighted by Crippen LogP contribution is -2.41. The minimum Gasteiger partial charge on any atom is -0.363 e. The minimum absolute atomic E-state index is 0.0879. The molecule has 2 aliphatic rings. The Morgan fingerprint density at radius 3 is 2.41 bits per heavy atom. The van der Waals surface area contributed by atoms with Gasteiger partial charge in [0.05, 0.1) is 0 Å². The summed E-state index contributed by atoms with van der Waals surface area (Å²) in [6.45, 7) is 8.84. The SMILES string of the molecule is CC(=Cc1ccccc1)CN1CCC(Nc2nccn(-c3ccc(C(=O)NCCN4CCCCC4)cc3)c2=O)CC1. The fourth-order valence-electron chi connectivity index (χ4n) is 5.76. The molecule has 5 rings (SSSR count). The van der Waals surface area contributed by atoms with Crippen LogP contribution in [0.3, 0.4) is 0 Å². The van der Waals surface area contributed by atoms with Gasteiger partial charge >= 0.3 is 0 Å². The van der Waals surface area contributed by atoms with Crippen LogP contribution in [0.4, 0.5) is 5.82 Å². The van der Waals surface area contributed by atoms with Gasteiger partial charge < -0.3 is 15.5 Å². The quantitative estimate of drug-likeness (QED) is 0.386. The fourth-order valence-corrected chi connectivity index (χ4v) is 5.76. The van der Waals surface area contributed by atoms with Crippen LogP contribution in [0.25, 0.3) is 11.8 Å². The maximum atomic E-state index is 13.3. The van der Waals surface area contributed by atoms with Crippen LogP contribution < -0.4 is 16.2 Å². The Bertz CT molecular complexity index is 1350. The summed E-state index contributed by atoms with van der Waals surface area (Å²) in [5.74, 6) is 0.278. The Hall–Kier alpha value is -3.75. The lowest BCUT2D eigenvalue weighted by molar-refractivity contribution is 0.0946. The first kappa shape index (κ1) is 28.8. The Morgan fingerprint density at radius 1 is 0.951 bits per heavy atom. The molecule has 0 radical (unpaired) electrons. The van der Waals surface area contributed by atoms with Crippen LogP contribution in [0, 0.1) is 0 Å². The fraction of sp³-hybridized carbons (Fsp3) is 0.424. The molecule has 0 bridgehead atoms. The van der Waals surface area contributed by atoms with Gasteiger partial charge in [0.1, 0.15) is 0 Å². The molecule has 41 heavy (non-hydrogen) atoms. The van der Waals surface area contributed by atoms with Gasteiger partial charge in [0.25, 0.3) is 11.5 Å². The molecule has 0 saturated carbocycles. The van der Waals surface area contributed by atoms with E-state index >= 15 is 0 Å². The third-order valence-electron chi connectivity index (χ3n) is 8.02. The molecule has 2 aromatic carbocycles. The number of anilines is 1. The number of piperidine rings is 2. The van der Waals surface area contributed by atoms with Crippen molar-refractivity contribution in [2.45, 2.75) is 45.1 Å². The van der Waals surface area contributed by atoms with E-state index in [0.717, 1.165) is 52.1 Å². The topological polar surface area (TPSA) is 82.5 Å². The largest absolute Gasteiger partial charge is 0.363 e. The second kappa shape index (κ2) is 14.2. The molecule has 3 heterocycles. The van der Waals surface area contributed by atoms with Crippen molar-refractivity contribution in [2.24, 2.45) is 0 Å². The molecule has 8 heteroatoms. The minimum atomic E-state index is -0.185. The zero-order chi connectivity index (χ0) is 28.4. The van der Waals surface area contributed by atoms with Crippen LogP contribution >= 0.6 is 0 Å². The van der Waals surface area contributed by atoms with Crippen LogP contribution in [-0.4, -0.2) is 77.1 Å². The first-order valence-corrected chi connectivity index (χ1v) is 14.9. The van der Waals surface area contributed by atoms with E-state index in [1.165, 1.54) is 30.4 Å². The lowest BCUT2D eigenvalue weighted by Gasteiger charge is -2.32. The van der Waals surface area contributed by atoms with E-state index in [4.69, 9.17) is 0 Å². The molecule has 2 N–H and O–H groups in total. The molecule has 8 nitrogen and oxygen atoms in total. The number of aromatic nitrogens is 2. The zero-order valence-electron chi connectivity index (χ0n) is 24.1. The number of carbonyl (C=O) groups is 1. The summed E-state index contributed by atoms with van der Waals surface area (Å²) in [7, 11) is 0. The van der Waals surface area contributed by atoms with Crippen LogP contribution in [0.1, 0.15) is 54.9 Å². The summed E-state index contributed by atoms with van der Waals surface area (Å²) in [6, 6.07) is 17.8. The average molecular weight is 555 g/mol. The number of amides is 1. The summed E-state index contributed by atoms with van der Waals surface area (Å²) in [6.07, 6.45) is 11.3. The highest BCUT2D eigenvalue weighted by molar-refractivity contribution is 5.94. The molecule has 0 atom stereocenters. The Balaban J connectivity index is 1.12. The number of benzene rings is 2. The number of nitrogens with one attached hydrogen (secondary N) is 2. The lowest BCUT2D eigenvalue weighted by atomic mass is 10.0. The number of carbonyl (C=O) groups excluding carboxylic acids is 1. The van der Waals surface area contributed by atoms with Gasteiger partial charge in [-0.05, 0) is 75.5 Å². The summed E-state index contributed by atoms with van der Waals surface area (Å²) < 4.78 is 1.58. The van der Waals surface area contributed by atoms with Gasteiger partial charge in [0.2, 0.25) is 0 Å². The number of likely N-dealkylation sites (tertiary alicyclic amines) is 2. The second-order valence-electron chi connectivity index (χ2n) is 11.3. The first-order valence-electron chi connectivity index (χ1n) is 14.9. The highest BCUT2D eigenvalue weighted by atomic mass is 16.1. The maximum absolute atomic E-state index is 13.3. The van der Waals surface area contributed by atoms with Crippen molar-refractivity contribution in [3.8, 4) is 5.69 Å². The van der Waals surface area contributed by atoms with E-state index in [2.05, 4.69) is 62.7 Å². The van der Waals surface area contributed by atoms with E-state index in [0.29, 0.717) is 23.6 Å². The van der Waals surface area contributed by atoms with Crippen LogP contribution in [-0.2, 0) is 0 Å². The van der Waals surface area contributed by atoms with Crippen molar-refractivity contribution in [3.05, 3.63) is 94.0 Å². The standard InChI is InChI=1S/C33H42N6O2/c1-26(24-27-8-4-2-5-9-27)25-38-20-14-29(15-21-38)36-31-33(41)39(23-17-34-31)30-12-10-28(11-13-30)32(40)35-16-22-37-18-6-3-7-19-37/h2,4-5,8-13,17,23-24,29H,3,6-7,14-16,18-22,25H2,1H3,(H,34,36)(H,35,40). The van der Waals surface area contributed by atoms with E-state index in [-0.39, 0.29) is 17.5 Å². The smallest absolute Gasteiger partial charge is 0.297 e. The summed E-state index contributed by atoms with van der Waals surface area (Å²) in [5, 5.41) is 6.42. The predicted octanol–water partition coefficient (Wildman–Crippen LogP) is 4.43. The second-order valence-corrected chi connectivity index (χ2v) is 11.3. The molecule has 3 aromatic rings. The normalized spacial score (nSPS) is 17.3. The van der Waals surface area contributed by atoms with Crippen LogP contribution in [0.15, 0.2) is 77.4 Å². The van der Waals surface area contributed by atoms with Gasteiger partial charge in [-0.25, -0.2) is 4.98 Å². The molecular formula is C33H42N6O2. The molecule has 216 valence electrons. The Labute approximate surface area is 243 Å². The van der Waals surface area contributed by atoms with Crippen molar-refractivity contribution in [3.63, 3.8) is 0 Å². The van der Waals surface area contributed by atoms with Crippen molar-refractivity contribution in [1.29, 1.82) is 0 Å². The number of hydrogen-bond donors (Lipinski definition) is 2. The van der Waals surface area contributed by atoms with Gasteiger partial charge in [-0.3, -0.25) is 19.1 Å². The first-order chi connectivity index (χ1) is 20.0. The molecule has 1 amide bonds. The highest BCUT2D eigenvalue weighted by Crippen LogP contribution is 2.17. The summed E-state index contributed by atoms with van der Waals surface area (Å²) in [4.78, 5) is 35.1. The number of rotatable bonds is 10. The Kier molecular flexibility index (Phi) is 9.99. The van der Waals surface area contributed by atoms with E-state index in [1.54, 1.807) is 29.1 Å². The summed E-state index contributed by atoms with van der Waals surface area (Å²) >= 11 is 0. The highest BCUT2D eigenvalue weighted by Gasteiger charge is 2.21. The molecule has 0 unspecified atom stereocenters. The van der Waals surface area contributed by atoms with Gasteiger partial charge in [0.15, 0.2) is 5.82 Å². The zero-order valence-corrected chi connectivity index (χ0v) is 24.1. The molecule has 2 saturated heterocycles. The van der Waals surface area contributed by atoms with Crippen molar-refractivity contribution in [1.82, 2.24) is 24.7 Å². The Morgan fingerprint density at radius 2 is 1.68 bits per heavy atom. The molecule has 0 aliphatic carbocycles. The number of nitrogens with zero attached hydrogens (tertiary/aromatic N) is 4. The summed E-state index contributed by atoms with van der Waals surface area (Å²) in [5.41, 5.74) is 3.69. The maximum Gasteiger partial charge on any atom is 0.297 e. The van der Waals surface area contributed by atoms with Gasteiger partial charge in [-0.15, -0.1) is 0 Å². The van der Waals surface area contributed by atoms with Crippen molar-refractivity contribution in [2.75, 3.05) is 51.1 Å². The van der Waals surface area contributed by atoms with E-state index in [9.17, 15) is 9.59 Å². The molecular weight excluding hydrogens is 512 g/mol.